The van der Waals surface area contributed by atoms with Crippen LogP contribution in [-0.4, -0.2) is 34.7 Å². The molecule has 2 aliphatic rings. The van der Waals surface area contributed by atoms with Gasteiger partial charge < -0.3 is 10.4 Å². The zero-order valence-corrected chi connectivity index (χ0v) is 13.6. The number of thioether (sulfide) groups is 2. The molecule has 3 nitrogen and oxygen atoms in total. The van der Waals surface area contributed by atoms with E-state index < -0.39 is 0 Å². The summed E-state index contributed by atoms with van der Waals surface area (Å²) in [4.78, 5) is 12.2. The summed E-state index contributed by atoms with van der Waals surface area (Å²) >= 11 is 3.95. The summed E-state index contributed by atoms with van der Waals surface area (Å²) in [5.41, 5.74) is 2.04. The molecule has 5 heteroatoms. The molecule has 1 amide bonds. The lowest BCUT2D eigenvalue weighted by atomic mass is 9.93. The van der Waals surface area contributed by atoms with Crippen molar-refractivity contribution in [2.45, 2.75) is 42.4 Å². The molecule has 2 N–H and O–H groups in total. The van der Waals surface area contributed by atoms with E-state index in [0.717, 1.165) is 31.2 Å². The maximum atomic E-state index is 12.2. The van der Waals surface area contributed by atoms with Crippen LogP contribution in [0.25, 0.3) is 0 Å². The fraction of sp³-hybridized carbons (Fsp3) is 0.562. The van der Waals surface area contributed by atoms with Crippen molar-refractivity contribution < 1.29 is 9.90 Å². The van der Waals surface area contributed by atoms with Crippen LogP contribution >= 0.6 is 23.5 Å². The van der Waals surface area contributed by atoms with E-state index in [9.17, 15) is 9.90 Å². The van der Waals surface area contributed by atoms with Gasteiger partial charge in [-0.2, -0.15) is 0 Å². The van der Waals surface area contributed by atoms with Crippen LogP contribution in [0.5, 0.6) is 0 Å². The molecule has 0 radical (unpaired) electrons. The summed E-state index contributed by atoms with van der Waals surface area (Å²) in [7, 11) is 0. The van der Waals surface area contributed by atoms with Crippen molar-refractivity contribution in [1.82, 2.24) is 5.32 Å². The van der Waals surface area contributed by atoms with Crippen LogP contribution in [0.1, 0.15) is 46.2 Å². The highest BCUT2D eigenvalue weighted by Crippen LogP contribution is 2.45. The molecule has 1 aromatic carbocycles. The molecule has 3 rings (SSSR count). The third-order valence-corrected chi connectivity index (χ3v) is 7.20. The molecule has 0 atom stereocenters. The number of carbonyl (C=O) groups is 1. The van der Waals surface area contributed by atoms with E-state index >= 15 is 0 Å². The average Bonchev–Trinajstić information content (AvgIpc) is 3.04. The van der Waals surface area contributed by atoms with E-state index in [-0.39, 0.29) is 18.1 Å². The number of carbonyl (C=O) groups excluding carboxylic acids is 1. The monoisotopic (exact) mass is 323 g/mol. The van der Waals surface area contributed by atoms with E-state index in [0.29, 0.717) is 4.58 Å². The van der Waals surface area contributed by atoms with Crippen LogP contribution in [0.3, 0.4) is 0 Å². The zero-order chi connectivity index (χ0) is 14.7. The summed E-state index contributed by atoms with van der Waals surface area (Å²) in [6.07, 6.45) is 3.15. The Morgan fingerprint density at radius 3 is 2.29 bits per heavy atom. The Morgan fingerprint density at radius 2 is 1.67 bits per heavy atom. The van der Waals surface area contributed by atoms with Gasteiger partial charge >= 0.3 is 0 Å². The maximum absolute atomic E-state index is 12.2. The predicted molar refractivity (Wildman–Crippen MR) is 89.8 cm³/mol. The van der Waals surface area contributed by atoms with E-state index in [2.05, 4.69) is 17.4 Å². The van der Waals surface area contributed by atoms with E-state index in [4.69, 9.17) is 0 Å². The minimum atomic E-state index is -0.182. The minimum absolute atomic E-state index is 0.00895. The van der Waals surface area contributed by atoms with Crippen LogP contribution in [-0.2, 0) is 0 Å². The molecule has 2 fully saturated rings. The molecular formula is C16H21NO2S2. The van der Waals surface area contributed by atoms with Gasteiger partial charge in [0.15, 0.2) is 0 Å². The number of rotatable bonds is 3. The highest BCUT2D eigenvalue weighted by atomic mass is 32.2. The summed E-state index contributed by atoms with van der Waals surface area (Å²) in [5.74, 6) is 2.44. The third kappa shape index (κ3) is 3.96. The molecule has 1 heterocycles. The molecule has 0 bridgehead atoms. The van der Waals surface area contributed by atoms with Crippen molar-refractivity contribution in [1.29, 1.82) is 0 Å². The Labute approximate surface area is 134 Å². The molecule has 21 heavy (non-hydrogen) atoms. The molecule has 0 spiro atoms. The van der Waals surface area contributed by atoms with Gasteiger partial charge in [0.05, 0.1) is 10.7 Å². The molecule has 1 saturated heterocycles. The smallest absolute Gasteiger partial charge is 0.251 e. The van der Waals surface area contributed by atoms with Gasteiger partial charge in [0.2, 0.25) is 0 Å². The second-order valence-corrected chi connectivity index (χ2v) is 8.40. The maximum Gasteiger partial charge on any atom is 0.251 e. The minimum Gasteiger partial charge on any atom is -0.393 e. The normalized spacial score (nSPS) is 26.7. The van der Waals surface area contributed by atoms with Gasteiger partial charge in [0.1, 0.15) is 0 Å². The zero-order valence-electron chi connectivity index (χ0n) is 12.0. The standard InChI is InChI=1S/C16H21NO2S2/c18-14-7-5-13(6-8-14)17-15(19)11-1-3-12(4-2-11)16-20-9-10-21-16/h1-4,13-14,16,18H,5-10H2,(H,17,19). The average molecular weight is 323 g/mol. The second kappa shape index (κ2) is 7.07. The SMILES string of the molecule is O=C(NC1CCC(O)CC1)c1ccc(C2SCCS2)cc1. The van der Waals surface area contributed by atoms with Gasteiger partial charge in [-0.1, -0.05) is 12.1 Å². The Bertz CT molecular complexity index is 478. The van der Waals surface area contributed by atoms with Crippen LogP contribution in [0.4, 0.5) is 0 Å². The Morgan fingerprint density at radius 1 is 1.05 bits per heavy atom. The number of nitrogens with one attached hydrogen (secondary N) is 1. The summed E-state index contributed by atoms with van der Waals surface area (Å²) in [6, 6.07) is 8.23. The summed E-state index contributed by atoms with van der Waals surface area (Å²) < 4.78 is 0.530. The van der Waals surface area contributed by atoms with Crippen LogP contribution in [0, 0.1) is 0 Å². The largest absolute Gasteiger partial charge is 0.393 e. The highest BCUT2D eigenvalue weighted by Gasteiger charge is 2.22. The van der Waals surface area contributed by atoms with Crippen molar-refractivity contribution >= 4 is 29.4 Å². The first-order valence-corrected chi connectivity index (χ1v) is 9.64. The van der Waals surface area contributed by atoms with Crippen LogP contribution in [0.2, 0.25) is 0 Å². The number of aliphatic hydroxyl groups excluding tert-OH is 1. The quantitative estimate of drug-likeness (QED) is 0.897. The summed E-state index contributed by atoms with van der Waals surface area (Å²) in [6.45, 7) is 0. The molecule has 0 aromatic heterocycles. The van der Waals surface area contributed by atoms with E-state index in [1.54, 1.807) is 0 Å². The molecule has 1 aromatic rings. The van der Waals surface area contributed by atoms with E-state index in [1.165, 1.54) is 17.1 Å². The Balaban J connectivity index is 1.57. The molecule has 114 valence electrons. The lowest BCUT2D eigenvalue weighted by Gasteiger charge is -2.26. The molecular weight excluding hydrogens is 302 g/mol. The Kier molecular flexibility index (Phi) is 5.14. The van der Waals surface area contributed by atoms with Gasteiger partial charge in [-0.3, -0.25) is 4.79 Å². The first-order valence-electron chi connectivity index (χ1n) is 7.54. The molecule has 0 unspecified atom stereocenters. The van der Waals surface area contributed by atoms with Gasteiger partial charge in [-0.15, -0.1) is 23.5 Å². The number of aliphatic hydroxyl groups is 1. The third-order valence-electron chi connectivity index (χ3n) is 4.10. The van der Waals surface area contributed by atoms with Crippen molar-refractivity contribution in [2.24, 2.45) is 0 Å². The first-order chi connectivity index (χ1) is 10.2. The van der Waals surface area contributed by atoms with Crippen molar-refractivity contribution in [2.75, 3.05) is 11.5 Å². The first kappa shape index (κ1) is 15.3. The molecule has 1 saturated carbocycles. The lowest BCUT2D eigenvalue weighted by Crippen LogP contribution is -2.38. The lowest BCUT2D eigenvalue weighted by molar-refractivity contribution is 0.0867. The number of amides is 1. The van der Waals surface area contributed by atoms with Gasteiger partial charge in [-0.05, 0) is 43.4 Å². The van der Waals surface area contributed by atoms with Crippen LogP contribution < -0.4 is 5.32 Å². The molecule has 1 aliphatic carbocycles. The van der Waals surface area contributed by atoms with Gasteiger partial charge in [0.25, 0.3) is 5.91 Å². The topological polar surface area (TPSA) is 49.3 Å². The van der Waals surface area contributed by atoms with Crippen LogP contribution in [0.15, 0.2) is 24.3 Å². The van der Waals surface area contributed by atoms with E-state index in [1.807, 2.05) is 35.7 Å². The number of hydrogen-bond donors (Lipinski definition) is 2. The second-order valence-electron chi connectivity index (χ2n) is 5.67. The number of hydrogen-bond acceptors (Lipinski definition) is 4. The summed E-state index contributed by atoms with van der Waals surface area (Å²) in [5, 5.41) is 12.6. The highest BCUT2D eigenvalue weighted by molar-refractivity contribution is 8.19. The fourth-order valence-electron chi connectivity index (χ4n) is 2.83. The fourth-order valence-corrected chi connectivity index (χ4v) is 5.69. The number of benzene rings is 1. The van der Waals surface area contributed by atoms with Crippen molar-refractivity contribution in [3.8, 4) is 0 Å². The predicted octanol–water partition coefficient (Wildman–Crippen LogP) is 3.20. The van der Waals surface area contributed by atoms with Gasteiger partial charge in [-0.25, -0.2) is 0 Å². The van der Waals surface area contributed by atoms with Gasteiger partial charge in [0, 0.05) is 23.1 Å². The van der Waals surface area contributed by atoms with Crippen molar-refractivity contribution in [3.05, 3.63) is 35.4 Å². The molecule has 1 aliphatic heterocycles. The Hall–Kier alpha value is -0.650. The van der Waals surface area contributed by atoms with Crippen molar-refractivity contribution in [3.63, 3.8) is 0 Å².